The van der Waals surface area contributed by atoms with Gasteiger partial charge in [0, 0.05) is 30.9 Å². The van der Waals surface area contributed by atoms with Crippen molar-refractivity contribution in [1.29, 1.82) is 0 Å². The van der Waals surface area contributed by atoms with Crippen LogP contribution < -0.4 is 5.43 Å². The summed E-state index contributed by atoms with van der Waals surface area (Å²) in [6, 6.07) is 2.06. The van der Waals surface area contributed by atoms with Gasteiger partial charge < -0.3 is 14.8 Å². The van der Waals surface area contributed by atoms with Crippen LogP contribution in [-0.2, 0) is 13.1 Å². The molecule has 5 nitrogen and oxygen atoms in total. The van der Waals surface area contributed by atoms with Gasteiger partial charge in [0.05, 0.1) is 12.3 Å². The number of aliphatic hydroxyl groups excluding tert-OH is 1. The number of aromatic hydroxyl groups is 1. The first kappa shape index (κ1) is 16.0. The number of likely N-dealkylation sites (tertiary alicyclic amines) is 1. The summed E-state index contributed by atoms with van der Waals surface area (Å²) in [6.45, 7) is 6.02. The third-order valence-electron chi connectivity index (χ3n) is 4.24. The Hall–Kier alpha value is -1.33. The first-order valence-electron chi connectivity index (χ1n) is 7.85. The molecule has 1 aliphatic heterocycles. The number of nitrogens with zero attached hydrogens (tertiary/aromatic N) is 2. The van der Waals surface area contributed by atoms with E-state index in [1.165, 1.54) is 31.5 Å². The summed E-state index contributed by atoms with van der Waals surface area (Å²) < 4.78 is 1.79. The molecule has 0 aromatic carbocycles. The van der Waals surface area contributed by atoms with Crippen LogP contribution in [0.15, 0.2) is 17.1 Å². The molecule has 1 aliphatic rings. The van der Waals surface area contributed by atoms with Crippen LogP contribution in [0.1, 0.15) is 45.2 Å². The molecule has 118 valence electrons. The van der Waals surface area contributed by atoms with Gasteiger partial charge in [-0.1, -0.05) is 13.3 Å². The van der Waals surface area contributed by atoms with Gasteiger partial charge in [0.1, 0.15) is 0 Å². The molecule has 0 radical (unpaired) electrons. The van der Waals surface area contributed by atoms with Crippen molar-refractivity contribution in [2.75, 3.05) is 6.54 Å². The summed E-state index contributed by atoms with van der Waals surface area (Å²) in [7, 11) is 0. The largest absolute Gasteiger partial charge is 0.503 e. The molecule has 0 spiro atoms. The Labute approximate surface area is 125 Å². The lowest BCUT2D eigenvalue weighted by molar-refractivity contribution is 0.128. The van der Waals surface area contributed by atoms with Gasteiger partial charge >= 0.3 is 0 Å². The lowest BCUT2D eigenvalue weighted by Gasteiger charge is -2.35. The van der Waals surface area contributed by atoms with Crippen molar-refractivity contribution in [1.82, 2.24) is 9.47 Å². The van der Waals surface area contributed by atoms with Crippen LogP contribution in [0.25, 0.3) is 0 Å². The van der Waals surface area contributed by atoms with Crippen molar-refractivity contribution < 1.29 is 10.2 Å². The van der Waals surface area contributed by atoms with Crippen LogP contribution in [0.5, 0.6) is 5.75 Å². The lowest BCUT2D eigenvalue weighted by Crippen LogP contribution is -2.39. The highest BCUT2D eigenvalue weighted by Gasteiger charge is 2.22. The predicted molar refractivity (Wildman–Crippen MR) is 82.4 cm³/mol. The molecule has 2 heterocycles. The Kier molecular flexibility index (Phi) is 5.42. The van der Waals surface area contributed by atoms with E-state index in [1.807, 2.05) is 0 Å². The number of hydrogen-bond donors (Lipinski definition) is 2. The maximum absolute atomic E-state index is 11.7. The Balaban J connectivity index is 2.24. The number of piperidine rings is 1. The maximum Gasteiger partial charge on any atom is 0.223 e. The summed E-state index contributed by atoms with van der Waals surface area (Å²) >= 11 is 0. The molecule has 2 unspecified atom stereocenters. The monoisotopic (exact) mass is 294 g/mol. The molecular weight excluding hydrogens is 268 g/mol. The second kappa shape index (κ2) is 7.09. The van der Waals surface area contributed by atoms with Crippen LogP contribution in [0.3, 0.4) is 0 Å². The van der Waals surface area contributed by atoms with Gasteiger partial charge in [-0.3, -0.25) is 9.69 Å². The Bertz CT molecular complexity index is 525. The van der Waals surface area contributed by atoms with Gasteiger partial charge in [-0.2, -0.15) is 0 Å². The van der Waals surface area contributed by atoms with E-state index in [-0.39, 0.29) is 11.2 Å². The van der Waals surface area contributed by atoms with Crippen LogP contribution in [0.4, 0.5) is 0 Å². The van der Waals surface area contributed by atoms with E-state index < -0.39 is 6.10 Å². The van der Waals surface area contributed by atoms with E-state index >= 15 is 0 Å². The van der Waals surface area contributed by atoms with E-state index in [9.17, 15) is 15.0 Å². The second-order valence-corrected chi connectivity index (χ2v) is 6.04. The van der Waals surface area contributed by atoms with E-state index in [2.05, 4.69) is 11.8 Å². The van der Waals surface area contributed by atoms with E-state index in [1.54, 1.807) is 11.5 Å². The second-order valence-electron chi connectivity index (χ2n) is 6.04. The Morgan fingerprint density at radius 1 is 1.43 bits per heavy atom. The van der Waals surface area contributed by atoms with Gasteiger partial charge in [0.15, 0.2) is 5.75 Å². The molecule has 1 fully saturated rings. The molecule has 0 amide bonds. The average molecular weight is 294 g/mol. The molecular formula is C16H26N2O3. The van der Waals surface area contributed by atoms with E-state index in [0.29, 0.717) is 19.1 Å². The van der Waals surface area contributed by atoms with Crippen molar-refractivity contribution in [3.05, 3.63) is 28.2 Å². The number of pyridine rings is 1. The standard InChI is InChI=1S/C16H26N2O3/c1-3-13-6-4-5-7-17(13)10-14-8-15(20)16(21)11-18(14)9-12(2)19/h8,11-13,19,21H,3-7,9-10H2,1-2H3. The van der Waals surface area contributed by atoms with Crippen LogP contribution in [0, 0.1) is 0 Å². The Morgan fingerprint density at radius 3 is 2.86 bits per heavy atom. The molecule has 2 rings (SSSR count). The zero-order valence-corrected chi connectivity index (χ0v) is 13.0. The third kappa shape index (κ3) is 4.08. The van der Waals surface area contributed by atoms with Gasteiger partial charge in [-0.05, 0) is 32.7 Å². The highest BCUT2D eigenvalue weighted by atomic mass is 16.3. The van der Waals surface area contributed by atoms with Crippen molar-refractivity contribution in [2.45, 2.75) is 64.8 Å². The van der Waals surface area contributed by atoms with Gasteiger partial charge in [0.25, 0.3) is 0 Å². The van der Waals surface area contributed by atoms with Gasteiger partial charge in [0.2, 0.25) is 5.43 Å². The molecule has 2 N–H and O–H groups in total. The fourth-order valence-electron chi connectivity index (χ4n) is 3.13. The molecule has 5 heteroatoms. The summed E-state index contributed by atoms with van der Waals surface area (Å²) in [5, 5.41) is 19.2. The van der Waals surface area contributed by atoms with Crippen molar-refractivity contribution in [3.8, 4) is 5.75 Å². The average Bonchev–Trinajstić information content (AvgIpc) is 2.44. The first-order valence-corrected chi connectivity index (χ1v) is 7.85. The smallest absolute Gasteiger partial charge is 0.223 e. The highest BCUT2D eigenvalue weighted by molar-refractivity contribution is 5.20. The SMILES string of the molecule is CCC1CCCCN1Cc1cc(=O)c(O)cn1CC(C)O. The van der Waals surface area contributed by atoms with Gasteiger partial charge in [-0.15, -0.1) is 0 Å². The number of aliphatic hydroxyl groups is 1. The molecule has 0 bridgehead atoms. The molecule has 21 heavy (non-hydrogen) atoms. The highest BCUT2D eigenvalue weighted by Crippen LogP contribution is 2.22. The molecule has 1 saturated heterocycles. The fourth-order valence-corrected chi connectivity index (χ4v) is 3.13. The molecule has 1 aromatic heterocycles. The number of hydrogen-bond acceptors (Lipinski definition) is 4. The minimum atomic E-state index is -0.519. The van der Waals surface area contributed by atoms with Crippen LogP contribution in [-0.4, -0.2) is 38.4 Å². The third-order valence-corrected chi connectivity index (χ3v) is 4.24. The van der Waals surface area contributed by atoms with Gasteiger partial charge in [-0.25, -0.2) is 0 Å². The predicted octanol–water partition coefficient (Wildman–Crippen LogP) is 1.70. The molecule has 0 saturated carbocycles. The molecule has 0 aliphatic carbocycles. The first-order chi connectivity index (χ1) is 10.0. The van der Waals surface area contributed by atoms with E-state index in [4.69, 9.17) is 0 Å². The summed E-state index contributed by atoms with van der Waals surface area (Å²) in [6.07, 6.45) is 5.69. The Morgan fingerprint density at radius 2 is 2.19 bits per heavy atom. The maximum atomic E-state index is 11.7. The zero-order chi connectivity index (χ0) is 15.4. The van der Waals surface area contributed by atoms with Crippen molar-refractivity contribution in [3.63, 3.8) is 0 Å². The minimum absolute atomic E-state index is 0.259. The quantitative estimate of drug-likeness (QED) is 0.867. The van der Waals surface area contributed by atoms with Crippen LogP contribution >= 0.6 is 0 Å². The van der Waals surface area contributed by atoms with Crippen LogP contribution in [0.2, 0.25) is 0 Å². The minimum Gasteiger partial charge on any atom is -0.503 e. The number of aromatic nitrogens is 1. The lowest BCUT2D eigenvalue weighted by atomic mass is 10.00. The van der Waals surface area contributed by atoms with Crippen molar-refractivity contribution >= 4 is 0 Å². The molecule has 2 atom stereocenters. The topological polar surface area (TPSA) is 65.7 Å². The summed E-state index contributed by atoms with van der Waals surface area (Å²) in [5.41, 5.74) is 0.510. The summed E-state index contributed by atoms with van der Waals surface area (Å²) in [5.74, 6) is -0.259. The normalized spacial score (nSPS) is 21.4. The summed E-state index contributed by atoms with van der Waals surface area (Å²) in [4.78, 5) is 14.1. The fraction of sp³-hybridized carbons (Fsp3) is 0.688. The van der Waals surface area contributed by atoms with E-state index in [0.717, 1.165) is 18.7 Å². The number of rotatable bonds is 5. The zero-order valence-electron chi connectivity index (χ0n) is 13.0. The van der Waals surface area contributed by atoms with Crippen molar-refractivity contribution in [2.24, 2.45) is 0 Å². The molecule has 1 aromatic rings.